The molecule has 2 aromatic heterocycles. The summed E-state index contributed by atoms with van der Waals surface area (Å²) < 4.78 is 1.22. The number of aryl methyl sites for hydroxylation is 1. The number of piperazine rings is 1. The Labute approximate surface area is 180 Å². The molecule has 2 aliphatic heterocycles. The molecule has 5 rings (SSSR count). The zero-order valence-corrected chi connectivity index (χ0v) is 18.0. The molecule has 0 spiro atoms. The maximum absolute atomic E-state index is 13.2. The van der Waals surface area contributed by atoms with Crippen LogP contribution in [0.1, 0.15) is 18.4 Å². The number of anilines is 2. The van der Waals surface area contributed by atoms with Gasteiger partial charge < -0.3 is 14.7 Å². The smallest absolute Gasteiger partial charge is 0.227 e. The second-order valence-electron chi connectivity index (χ2n) is 8.11. The molecular weight excluding hydrogens is 396 g/mol. The highest BCUT2D eigenvalue weighted by molar-refractivity contribution is 7.22. The predicted octanol–water partition coefficient (Wildman–Crippen LogP) is 2.96. The lowest BCUT2D eigenvalue weighted by Crippen LogP contribution is -2.53. The van der Waals surface area contributed by atoms with E-state index in [0.29, 0.717) is 0 Å². The van der Waals surface area contributed by atoms with Crippen LogP contribution in [0.3, 0.4) is 0 Å². The summed E-state index contributed by atoms with van der Waals surface area (Å²) >= 11 is 1.73. The Balaban J connectivity index is 1.23. The Morgan fingerprint density at radius 1 is 1.07 bits per heavy atom. The first-order valence-corrected chi connectivity index (χ1v) is 11.4. The predicted molar refractivity (Wildman–Crippen MR) is 120 cm³/mol. The monoisotopic (exact) mass is 422 g/mol. The number of thiazole rings is 1. The maximum atomic E-state index is 13.2. The molecule has 0 radical (unpaired) electrons. The number of aromatic nitrogens is 3. The lowest BCUT2D eigenvalue weighted by molar-refractivity contribution is -0.136. The molecule has 2 aliphatic rings. The summed E-state index contributed by atoms with van der Waals surface area (Å²) in [4.78, 5) is 33.2. The topological polar surface area (TPSA) is 65.5 Å². The minimum Gasteiger partial charge on any atom is -0.347 e. The number of amides is 1. The van der Waals surface area contributed by atoms with Gasteiger partial charge in [0.25, 0.3) is 0 Å². The van der Waals surface area contributed by atoms with Gasteiger partial charge in [0.1, 0.15) is 0 Å². The molecule has 30 heavy (non-hydrogen) atoms. The Morgan fingerprint density at radius 2 is 1.87 bits per heavy atom. The average Bonchev–Trinajstić information content (AvgIpc) is 3.23. The van der Waals surface area contributed by atoms with Crippen LogP contribution in [0.2, 0.25) is 0 Å². The molecule has 3 aromatic rings. The SMILES string of the molecule is Cc1ccc2nc(N3CCCC(C(=O)N4CCN(c5ncccn5)CC4)C3)sc2c1. The first kappa shape index (κ1) is 19.2. The van der Waals surface area contributed by atoms with E-state index in [1.165, 1.54) is 10.3 Å². The fourth-order valence-corrected chi connectivity index (χ4v) is 5.45. The molecule has 1 amide bonds. The second-order valence-corrected chi connectivity index (χ2v) is 9.12. The van der Waals surface area contributed by atoms with Crippen LogP contribution in [-0.2, 0) is 4.79 Å². The third kappa shape index (κ3) is 3.84. The molecule has 4 heterocycles. The number of piperidine rings is 1. The molecule has 1 aromatic carbocycles. The van der Waals surface area contributed by atoms with Crippen molar-refractivity contribution in [3.8, 4) is 0 Å². The van der Waals surface area contributed by atoms with Crippen molar-refractivity contribution in [3.05, 3.63) is 42.2 Å². The van der Waals surface area contributed by atoms with E-state index in [1.807, 2.05) is 11.0 Å². The summed E-state index contributed by atoms with van der Waals surface area (Å²) in [6, 6.07) is 8.21. The van der Waals surface area contributed by atoms with Crippen molar-refractivity contribution in [2.75, 3.05) is 49.1 Å². The van der Waals surface area contributed by atoms with Crippen LogP contribution >= 0.6 is 11.3 Å². The van der Waals surface area contributed by atoms with Gasteiger partial charge in [-0.15, -0.1) is 0 Å². The van der Waals surface area contributed by atoms with Gasteiger partial charge in [0.05, 0.1) is 16.1 Å². The fourth-order valence-electron chi connectivity index (χ4n) is 4.35. The quantitative estimate of drug-likeness (QED) is 0.647. The van der Waals surface area contributed by atoms with Gasteiger partial charge >= 0.3 is 0 Å². The van der Waals surface area contributed by atoms with Crippen LogP contribution in [0, 0.1) is 12.8 Å². The molecule has 0 aliphatic carbocycles. The largest absolute Gasteiger partial charge is 0.347 e. The maximum Gasteiger partial charge on any atom is 0.227 e. The molecule has 7 nitrogen and oxygen atoms in total. The van der Waals surface area contributed by atoms with Crippen LogP contribution in [0.5, 0.6) is 0 Å². The highest BCUT2D eigenvalue weighted by atomic mass is 32.1. The van der Waals surface area contributed by atoms with E-state index < -0.39 is 0 Å². The van der Waals surface area contributed by atoms with Gasteiger partial charge in [0, 0.05) is 51.7 Å². The molecule has 1 unspecified atom stereocenters. The van der Waals surface area contributed by atoms with Gasteiger partial charge in [0.2, 0.25) is 11.9 Å². The van der Waals surface area contributed by atoms with Crippen LogP contribution in [0.25, 0.3) is 10.2 Å². The van der Waals surface area contributed by atoms with Crippen molar-refractivity contribution in [1.82, 2.24) is 19.9 Å². The Bertz CT molecular complexity index is 1030. The molecule has 0 N–H and O–H groups in total. The van der Waals surface area contributed by atoms with E-state index in [1.54, 1.807) is 23.7 Å². The van der Waals surface area contributed by atoms with Crippen molar-refractivity contribution >= 4 is 38.5 Å². The first-order chi connectivity index (χ1) is 14.7. The Hall–Kier alpha value is -2.74. The molecule has 0 bridgehead atoms. The number of hydrogen-bond acceptors (Lipinski definition) is 7. The number of benzene rings is 1. The summed E-state index contributed by atoms with van der Waals surface area (Å²) in [5.41, 5.74) is 2.30. The highest BCUT2D eigenvalue weighted by Gasteiger charge is 2.32. The van der Waals surface area contributed by atoms with E-state index in [0.717, 1.165) is 68.7 Å². The van der Waals surface area contributed by atoms with E-state index >= 15 is 0 Å². The first-order valence-electron chi connectivity index (χ1n) is 10.6. The van der Waals surface area contributed by atoms with E-state index in [9.17, 15) is 4.79 Å². The van der Waals surface area contributed by atoms with Crippen molar-refractivity contribution in [1.29, 1.82) is 0 Å². The zero-order chi connectivity index (χ0) is 20.5. The minimum absolute atomic E-state index is 0.0482. The van der Waals surface area contributed by atoms with Gasteiger partial charge in [-0.2, -0.15) is 0 Å². The molecule has 8 heteroatoms. The van der Waals surface area contributed by atoms with E-state index in [-0.39, 0.29) is 11.8 Å². The summed E-state index contributed by atoms with van der Waals surface area (Å²) in [5, 5.41) is 1.04. The average molecular weight is 423 g/mol. The molecule has 2 fully saturated rings. The van der Waals surface area contributed by atoms with Crippen LogP contribution in [-0.4, -0.2) is 65.0 Å². The van der Waals surface area contributed by atoms with Gasteiger partial charge in [-0.05, 0) is 43.5 Å². The number of carbonyl (C=O) groups is 1. The van der Waals surface area contributed by atoms with Crippen LogP contribution < -0.4 is 9.80 Å². The summed E-state index contributed by atoms with van der Waals surface area (Å²) in [6.45, 7) is 6.87. The summed E-state index contributed by atoms with van der Waals surface area (Å²) in [5.74, 6) is 1.08. The molecular formula is C22H26N6OS. The number of carbonyl (C=O) groups excluding carboxylic acids is 1. The van der Waals surface area contributed by atoms with Gasteiger partial charge in [-0.25, -0.2) is 15.0 Å². The fraction of sp³-hybridized carbons (Fsp3) is 0.455. The third-order valence-electron chi connectivity index (χ3n) is 6.00. The van der Waals surface area contributed by atoms with E-state index in [4.69, 9.17) is 4.98 Å². The van der Waals surface area contributed by atoms with Crippen molar-refractivity contribution < 1.29 is 4.79 Å². The van der Waals surface area contributed by atoms with Crippen LogP contribution in [0.4, 0.5) is 11.1 Å². The number of hydrogen-bond donors (Lipinski definition) is 0. The van der Waals surface area contributed by atoms with Gasteiger partial charge in [-0.3, -0.25) is 4.79 Å². The lowest BCUT2D eigenvalue weighted by atomic mass is 9.96. The molecule has 0 saturated carbocycles. The normalized spacial score (nSPS) is 20.0. The highest BCUT2D eigenvalue weighted by Crippen LogP contribution is 2.32. The van der Waals surface area contributed by atoms with Gasteiger partial charge in [-0.1, -0.05) is 17.4 Å². The summed E-state index contributed by atoms with van der Waals surface area (Å²) in [7, 11) is 0. The zero-order valence-electron chi connectivity index (χ0n) is 17.2. The molecule has 2 saturated heterocycles. The summed E-state index contributed by atoms with van der Waals surface area (Å²) in [6.07, 6.45) is 5.52. The van der Waals surface area contributed by atoms with Crippen molar-refractivity contribution in [3.63, 3.8) is 0 Å². The Morgan fingerprint density at radius 3 is 2.67 bits per heavy atom. The Kier molecular flexibility index (Phi) is 5.25. The lowest BCUT2D eigenvalue weighted by Gasteiger charge is -2.39. The van der Waals surface area contributed by atoms with Gasteiger partial charge in [0.15, 0.2) is 5.13 Å². The van der Waals surface area contributed by atoms with E-state index in [2.05, 4.69) is 44.9 Å². The molecule has 156 valence electrons. The number of nitrogens with zero attached hydrogens (tertiary/aromatic N) is 6. The van der Waals surface area contributed by atoms with Crippen molar-refractivity contribution in [2.24, 2.45) is 5.92 Å². The molecule has 1 atom stereocenters. The minimum atomic E-state index is 0.0482. The number of rotatable bonds is 3. The van der Waals surface area contributed by atoms with Crippen LogP contribution in [0.15, 0.2) is 36.7 Å². The van der Waals surface area contributed by atoms with Crippen molar-refractivity contribution in [2.45, 2.75) is 19.8 Å². The standard InChI is InChI=1S/C22H26N6OS/c1-16-5-6-18-19(14-16)30-22(25-18)28-9-2-4-17(15-28)20(29)26-10-12-27(13-11-26)21-23-7-3-8-24-21/h3,5-8,14,17H,2,4,9-13,15H2,1H3. The number of fused-ring (bicyclic) bond motifs is 1. The third-order valence-corrected chi connectivity index (χ3v) is 7.08. The second kappa shape index (κ2) is 8.18.